The number of hydrogen-bond acceptors (Lipinski definition) is 3. The van der Waals surface area contributed by atoms with Gasteiger partial charge in [0.05, 0.1) is 5.41 Å². The smallest absolute Gasteiger partial charge is 0.234 e. The summed E-state index contributed by atoms with van der Waals surface area (Å²) >= 11 is 1.79. The molecule has 2 aliphatic heterocycles. The van der Waals surface area contributed by atoms with Gasteiger partial charge in [-0.15, -0.1) is 23.7 Å². The monoisotopic (exact) mass is 354 g/mol. The maximum atomic E-state index is 13.7. The highest BCUT2D eigenvalue weighted by molar-refractivity contribution is 7.10. The molecule has 2 atom stereocenters. The van der Waals surface area contributed by atoms with Crippen molar-refractivity contribution in [2.45, 2.75) is 68.9 Å². The first-order chi connectivity index (χ1) is 10.8. The molecule has 128 valence electrons. The Morgan fingerprint density at radius 3 is 2.70 bits per heavy atom. The fourth-order valence-corrected chi connectivity index (χ4v) is 5.81. The first-order valence-electron chi connectivity index (χ1n) is 8.89. The number of nitrogens with zero attached hydrogens (tertiary/aromatic N) is 1. The maximum Gasteiger partial charge on any atom is 0.234 e. The van der Waals surface area contributed by atoms with Crippen molar-refractivity contribution >= 4 is 29.7 Å². The lowest BCUT2D eigenvalue weighted by atomic mass is 9.71. The zero-order valence-electron chi connectivity index (χ0n) is 13.6. The van der Waals surface area contributed by atoms with Crippen LogP contribution in [-0.4, -0.2) is 36.0 Å². The normalized spacial score (nSPS) is 29.7. The van der Waals surface area contributed by atoms with E-state index in [1.54, 1.807) is 11.3 Å². The Hall–Kier alpha value is -0.580. The summed E-state index contributed by atoms with van der Waals surface area (Å²) < 4.78 is 0. The topological polar surface area (TPSA) is 32.3 Å². The summed E-state index contributed by atoms with van der Waals surface area (Å²) in [4.78, 5) is 17.3. The van der Waals surface area contributed by atoms with Gasteiger partial charge in [-0.1, -0.05) is 25.3 Å². The van der Waals surface area contributed by atoms with Gasteiger partial charge in [0, 0.05) is 23.5 Å². The van der Waals surface area contributed by atoms with E-state index < -0.39 is 0 Å². The van der Waals surface area contributed by atoms with Gasteiger partial charge in [0.15, 0.2) is 0 Å². The number of hydrogen-bond donors (Lipinski definition) is 1. The Morgan fingerprint density at radius 1 is 1.17 bits per heavy atom. The summed E-state index contributed by atoms with van der Waals surface area (Å²) in [6.45, 7) is 2.06. The minimum absolute atomic E-state index is 0. The summed E-state index contributed by atoms with van der Waals surface area (Å²) in [5.41, 5.74) is -0.211. The molecule has 0 radical (unpaired) electrons. The third-order valence-electron chi connectivity index (χ3n) is 6.00. The fourth-order valence-electron chi connectivity index (χ4n) is 4.83. The van der Waals surface area contributed by atoms with Crippen molar-refractivity contribution in [2.75, 3.05) is 13.1 Å². The molecule has 5 heteroatoms. The summed E-state index contributed by atoms with van der Waals surface area (Å²) in [6.07, 6.45) is 9.31. The number of thiophene rings is 1. The van der Waals surface area contributed by atoms with E-state index in [0.29, 0.717) is 18.0 Å². The molecule has 1 amide bonds. The second-order valence-corrected chi connectivity index (χ2v) is 8.16. The lowest BCUT2D eigenvalue weighted by Crippen LogP contribution is -2.52. The molecule has 1 aromatic heterocycles. The van der Waals surface area contributed by atoms with Crippen molar-refractivity contribution in [3.63, 3.8) is 0 Å². The molecule has 3 aliphatic rings. The van der Waals surface area contributed by atoms with Crippen LogP contribution in [0.5, 0.6) is 0 Å². The van der Waals surface area contributed by atoms with Crippen LogP contribution < -0.4 is 5.32 Å². The first kappa shape index (κ1) is 17.2. The Labute approximate surface area is 149 Å². The van der Waals surface area contributed by atoms with Gasteiger partial charge in [-0.05, 0) is 50.1 Å². The largest absolute Gasteiger partial charge is 0.335 e. The summed E-state index contributed by atoms with van der Waals surface area (Å²) in [5.74, 6) is 0.450. The molecule has 3 fully saturated rings. The standard InChI is InChI=1S/C18H26N2OS.ClH/c21-17(20-14-6-7-15(20)13-19-11-8-14)18(9-2-1-3-10-18)16-5-4-12-22-16;/h4-5,12,14-15,19H,1-3,6-11,13H2;1H. The van der Waals surface area contributed by atoms with Crippen LogP contribution in [0.3, 0.4) is 0 Å². The van der Waals surface area contributed by atoms with E-state index in [1.165, 1.54) is 37.0 Å². The summed E-state index contributed by atoms with van der Waals surface area (Å²) in [5, 5.41) is 5.66. The van der Waals surface area contributed by atoms with Gasteiger partial charge in [0.25, 0.3) is 0 Å². The van der Waals surface area contributed by atoms with Gasteiger partial charge in [-0.2, -0.15) is 0 Å². The van der Waals surface area contributed by atoms with Crippen molar-refractivity contribution in [3.05, 3.63) is 22.4 Å². The van der Waals surface area contributed by atoms with Crippen LogP contribution in [-0.2, 0) is 10.2 Å². The van der Waals surface area contributed by atoms with E-state index in [-0.39, 0.29) is 17.8 Å². The van der Waals surface area contributed by atoms with Gasteiger partial charge >= 0.3 is 0 Å². The first-order valence-corrected chi connectivity index (χ1v) is 9.77. The Balaban J connectivity index is 0.00000156. The molecule has 4 rings (SSSR count). The molecule has 1 N–H and O–H groups in total. The molecule has 3 nitrogen and oxygen atoms in total. The number of fused-ring (bicyclic) bond motifs is 2. The molecule has 2 saturated heterocycles. The molecule has 1 saturated carbocycles. The molecule has 2 bridgehead atoms. The Kier molecular flexibility index (Phi) is 5.34. The van der Waals surface area contributed by atoms with Crippen molar-refractivity contribution in [1.82, 2.24) is 10.2 Å². The van der Waals surface area contributed by atoms with Crippen LogP contribution in [0.15, 0.2) is 17.5 Å². The highest BCUT2D eigenvalue weighted by atomic mass is 35.5. The number of halogens is 1. The number of carbonyl (C=O) groups is 1. The van der Waals surface area contributed by atoms with E-state index in [1.807, 2.05) is 0 Å². The molecule has 0 spiro atoms. The third kappa shape index (κ3) is 2.94. The average molecular weight is 355 g/mol. The number of nitrogens with one attached hydrogen (secondary N) is 1. The van der Waals surface area contributed by atoms with Crippen LogP contribution in [0.25, 0.3) is 0 Å². The number of rotatable bonds is 2. The van der Waals surface area contributed by atoms with Gasteiger partial charge in [-0.25, -0.2) is 0 Å². The Morgan fingerprint density at radius 2 is 1.96 bits per heavy atom. The minimum atomic E-state index is -0.211. The zero-order valence-corrected chi connectivity index (χ0v) is 15.3. The highest BCUT2D eigenvalue weighted by Gasteiger charge is 2.49. The molecule has 3 heterocycles. The van der Waals surface area contributed by atoms with Crippen LogP contribution in [0.1, 0.15) is 56.2 Å². The van der Waals surface area contributed by atoms with Gasteiger partial charge < -0.3 is 10.2 Å². The SMILES string of the molecule is Cl.O=C(N1C2CCNCC1CC2)C1(c2cccs2)CCCCC1. The third-order valence-corrected chi connectivity index (χ3v) is 7.07. The lowest BCUT2D eigenvalue weighted by molar-refractivity contribution is -0.141. The van der Waals surface area contributed by atoms with Crippen LogP contribution in [0, 0.1) is 0 Å². The predicted octanol–water partition coefficient (Wildman–Crippen LogP) is 3.72. The van der Waals surface area contributed by atoms with Gasteiger partial charge in [0.2, 0.25) is 5.91 Å². The van der Waals surface area contributed by atoms with Gasteiger partial charge in [0.1, 0.15) is 0 Å². The summed E-state index contributed by atoms with van der Waals surface area (Å²) in [6, 6.07) is 5.22. The quantitative estimate of drug-likeness (QED) is 0.877. The van der Waals surface area contributed by atoms with Crippen LogP contribution in [0.4, 0.5) is 0 Å². The molecule has 2 unspecified atom stereocenters. The van der Waals surface area contributed by atoms with Crippen molar-refractivity contribution in [1.29, 1.82) is 0 Å². The maximum absolute atomic E-state index is 13.7. The van der Waals surface area contributed by atoms with Crippen molar-refractivity contribution in [2.24, 2.45) is 0 Å². The molecule has 0 aromatic carbocycles. The van der Waals surface area contributed by atoms with Gasteiger partial charge in [-0.3, -0.25) is 4.79 Å². The van der Waals surface area contributed by atoms with E-state index in [2.05, 4.69) is 27.7 Å². The molecular weight excluding hydrogens is 328 g/mol. The summed E-state index contributed by atoms with van der Waals surface area (Å²) in [7, 11) is 0. The van der Waals surface area contributed by atoms with Crippen molar-refractivity contribution in [3.8, 4) is 0 Å². The predicted molar refractivity (Wildman–Crippen MR) is 97.5 cm³/mol. The van der Waals surface area contributed by atoms with E-state index in [4.69, 9.17) is 0 Å². The van der Waals surface area contributed by atoms with E-state index >= 15 is 0 Å². The number of carbonyl (C=O) groups excluding carboxylic acids is 1. The zero-order chi connectivity index (χ0) is 15.0. The minimum Gasteiger partial charge on any atom is -0.335 e. The Bertz CT molecular complexity index is 513. The van der Waals surface area contributed by atoms with Crippen molar-refractivity contribution < 1.29 is 4.79 Å². The lowest BCUT2D eigenvalue weighted by Gasteiger charge is -2.41. The molecule has 23 heavy (non-hydrogen) atoms. The molecule has 1 aliphatic carbocycles. The van der Waals surface area contributed by atoms with Crippen LogP contribution >= 0.6 is 23.7 Å². The fraction of sp³-hybridized carbons (Fsp3) is 0.722. The average Bonchev–Trinajstić information content (AvgIpc) is 3.15. The van der Waals surface area contributed by atoms with Crippen LogP contribution in [0.2, 0.25) is 0 Å². The van der Waals surface area contributed by atoms with E-state index in [9.17, 15) is 4.79 Å². The molecular formula is C18H27ClN2OS. The second kappa shape index (κ2) is 7.12. The highest BCUT2D eigenvalue weighted by Crippen LogP contribution is 2.45. The van der Waals surface area contributed by atoms with E-state index in [0.717, 1.165) is 32.4 Å². The second-order valence-electron chi connectivity index (χ2n) is 7.21. The number of amides is 1. The molecule has 1 aromatic rings.